The summed E-state index contributed by atoms with van der Waals surface area (Å²) in [4.78, 5) is 5.40. The molecule has 1 saturated heterocycles. The van der Waals surface area contributed by atoms with Crippen LogP contribution in [0.15, 0.2) is 46.4 Å². The number of halogens is 2. The highest BCUT2D eigenvalue weighted by atomic mass is 35.5. The molecule has 2 unspecified atom stereocenters. The number of sulfonamides is 1. The molecule has 4 rings (SSSR count). The Morgan fingerprint density at radius 3 is 2.69 bits per heavy atom. The predicted octanol–water partition coefficient (Wildman–Crippen LogP) is 2.92. The minimum absolute atomic E-state index is 0.0123. The lowest BCUT2D eigenvalue weighted by Gasteiger charge is -2.19. The Hall–Kier alpha value is -2.36. The topological polar surface area (TPSA) is 77.4 Å². The third kappa shape index (κ3) is 3.33. The molecule has 0 amide bonds. The lowest BCUT2D eigenvalue weighted by atomic mass is 9.94. The molecule has 0 bridgehead atoms. The molecule has 0 aliphatic carbocycles. The Kier molecular flexibility index (Phi) is 5.14. The second-order valence-corrected chi connectivity index (χ2v) is 8.98. The van der Waals surface area contributed by atoms with E-state index in [1.807, 2.05) is 0 Å². The molecule has 0 saturated carbocycles. The van der Waals surface area contributed by atoms with Crippen molar-refractivity contribution in [3.8, 4) is 11.5 Å². The number of rotatable bonds is 5. The first-order valence-electron chi connectivity index (χ1n) is 8.77. The fourth-order valence-corrected chi connectivity index (χ4v) is 5.50. The van der Waals surface area contributed by atoms with Crippen molar-refractivity contribution in [3.05, 3.63) is 52.8 Å². The van der Waals surface area contributed by atoms with E-state index >= 15 is 0 Å². The van der Waals surface area contributed by atoms with Crippen molar-refractivity contribution in [2.45, 2.75) is 11.0 Å². The highest BCUT2D eigenvalue weighted by Gasteiger charge is 2.48. The van der Waals surface area contributed by atoms with Gasteiger partial charge in [-0.1, -0.05) is 22.8 Å². The van der Waals surface area contributed by atoms with Gasteiger partial charge in [0.15, 0.2) is 6.10 Å². The molecular weight excluding hydrogens is 423 g/mol. The number of ether oxygens (including phenoxy) is 2. The van der Waals surface area contributed by atoms with Crippen molar-refractivity contribution in [2.24, 2.45) is 11.1 Å². The summed E-state index contributed by atoms with van der Waals surface area (Å²) >= 11 is 6.16. The fraction of sp³-hybridized carbons (Fsp3) is 0.316. The van der Waals surface area contributed by atoms with Crippen LogP contribution in [0.1, 0.15) is 5.56 Å². The number of benzene rings is 2. The van der Waals surface area contributed by atoms with E-state index in [4.69, 9.17) is 25.9 Å². The first kappa shape index (κ1) is 19.9. The molecule has 29 heavy (non-hydrogen) atoms. The van der Waals surface area contributed by atoms with E-state index in [0.717, 1.165) is 0 Å². The van der Waals surface area contributed by atoms with Gasteiger partial charge >= 0.3 is 0 Å². The van der Waals surface area contributed by atoms with E-state index in [-0.39, 0.29) is 34.3 Å². The molecule has 2 heterocycles. The van der Waals surface area contributed by atoms with Gasteiger partial charge in [-0.05, 0) is 24.3 Å². The normalized spacial score (nSPS) is 21.4. The summed E-state index contributed by atoms with van der Waals surface area (Å²) in [5.74, 6) is -0.373. The van der Waals surface area contributed by atoms with Crippen LogP contribution in [0, 0.1) is 11.7 Å². The second-order valence-electron chi connectivity index (χ2n) is 6.66. The minimum atomic E-state index is -3.92. The summed E-state index contributed by atoms with van der Waals surface area (Å²) in [6.07, 6.45) is -0.521. The van der Waals surface area contributed by atoms with Crippen molar-refractivity contribution in [1.82, 2.24) is 4.31 Å². The maximum absolute atomic E-state index is 14.4. The van der Waals surface area contributed by atoms with Gasteiger partial charge in [-0.2, -0.15) is 4.31 Å². The first-order chi connectivity index (χ1) is 13.9. The van der Waals surface area contributed by atoms with E-state index < -0.39 is 27.9 Å². The van der Waals surface area contributed by atoms with Crippen LogP contribution in [0.25, 0.3) is 0 Å². The van der Waals surface area contributed by atoms with Gasteiger partial charge in [-0.15, -0.1) is 0 Å². The summed E-state index contributed by atoms with van der Waals surface area (Å²) in [6, 6.07) is 8.89. The summed E-state index contributed by atoms with van der Waals surface area (Å²) in [5, 5.41) is 4.19. The van der Waals surface area contributed by atoms with E-state index in [1.54, 1.807) is 12.1 Å². The van der Waals surface area contributed by atoms with E-state index in [1.165, 1.54) is 42.8 Å². The van der Waals surface area contributed by atoms with Crippen molar-refractivity contribution < 1.29 is 27.1 Å². The van der Waals surface area contributed by atoms with Crippen LogP contribution >= 0.6 is 11.6 Å². The second kappa shape index (κ2) is 7.47. The lowest BCUT2D eigenvalue weighted by Crippen LogP contribution is -2.31. The number of methoxy groups -OCH3 is 2. The molecular formula is C19H18ClFN2O5S. The Morgan fingerprint density at radius 2 is 2.00 bits per heavy atom. The van der Waals surface area contributed by atoms with Crippen molar-refractivity contribution in [2.75, 3.05) is 27.3 Å². The van der Waals surface area contributed by atoms with Crippen molar-refractivity contribution in [1.29, 1.82) is 0 Å². The number of hydrogen-bond acceptors (Lipinski definition) is 6. The Labute approximate surface area is 172 Å². The van der Waals surface area contributed by atoms with Crippen LogP contribution in [-0.2, 0) is 14.9 Å². The molecule has 7 nitrogen and oxygen atoms in total. The molecule has 2 aromatic carbocycles. The summed E-state index contributed by atoms with van der Waals surface area (Å²) in [5.41, 5.74) is 0.452. The third-order valence-corrected chi connectivity index (χ3v) is 7.25. The first-order valence-corrected chi connectivity index (χ1v) is 10.6. The average molecular weight is 441 g/mol. The van der Waals surface area contributed by atoms with Crippen LogP contribution in [0.2, 0.25) is 5.02 Å². The van der Waals surface area contributed by atoms with Gasteiger partial charge in [0.05, 0.1) is 43.0 Å². The smallest absolute Gasteiger partial charge is 0.247 e. The zero-order chi connectivity index (χ0) is 20.8. The molecule has 0 radical (unpaired) electrons. The van der Waals surface area contributed by atoms with E-state index in [9.17, 15) is 12.8 Å². The third-order valence-electron chi connectivity index (χ3n) is 5.08. The van der Waals surface area contributed by atoms with Gasteiger partial charge in [0.2, 0.25) is 10.0 Å². The van der Waals surface area contributed by atoms with Gasteiger partial charge in [0, 0.05) is 12.6 Å². The highest BCUT2D eigenvalue weighted by Crippen LogP contribution is 2.38. The summed E-state index contributed by atoms with van der Waals surface area (Å²) in [6.45, 7) is 0.156. The van der Waals surface area contributed by atoms with Gasteiger partial charge in [0.1, 0.15) is 22.2 Å². The van der Waals surface area contributed by atoms with Crippen LogP contribution < -0.4 is 9.47 Å². The molecule has 2 aliphatic heterocycles. The van der Waals surface area contributed by atoms with Gasteiger partial charge in [-0.3, -0.25) is 0 Å². The van der Waals surface area contributed by atoms with Gasteiger partial charge in [-0.25, -0.2) is 12.8 Å². The van der Waals surface area contributed by atoms with E-state index in [2.05, 4.69) is 5.16 Å². The molecule has 154 valence electrons. The quantitative estimate of drug-likeness (QED) is 0.714. The molecule has 2 aromatic rings. The van der Waals surface area contributed by atoms with Gasteiger partial charge in [0.25, 0.3) is 0 Å². The van der Waals surface area contributed by atoms with Crippen molar-refractivity contribution in [3.63, 3.8) is 0 Å². The lowest BCUT2D eigenvalue weighted by molar-refractivity contribution is 0.0803. The maximum atomic E-state index is 14.4. The molecule has 0 N–H and O–H groups in total. The fourth-order valence-electron chi connectivity index (χ4n) is 3.60. The zero-order valence-electron chi connectivity index (χ0n) is 15.6. The minimum Gasteiger partial charge on any atom is -0.497 e. The number of nitrogens with zero attached hydrogens (tertiary/aromatic N) is 2. The molecule has 2 aliphatic rings. The van der Waals surface area contributed by atoms with Crippen LogP contribution in [0.5, 0.6) is 11.5 Å². The number of fused-ring (bicyclic) bond motifs is 1. The maximum Gasteiger partial charge on any atom is 0.247 e. The zero-order valence-corrected chi connectivity index (χ0v) is 17.2. The van der Waals surface area contributed by atoms with Crippen LogP contribution in [0.3, 0.4) is 0 Å². The molecule has 1 fully saturated rings. The largest absolute Gasteiger partial charge is 0.497 e. The van der Waals surface area contributed by atoms with Gasteiger partial charge < -0.3 is 14.3 Å². The average Bonchev–Trinajstić information content (AvgIpc) is 3.29. The Balaban J connectivity index is 1.66. The SMILES string of the molecule is COc1ccc(OC)c(S(=O)(=O)N2CC3ON=C(c4c(F)cccc4Cl)C3C2)c1. The predicted molar refractivity (Wildman–Crippen MR) is 105 cm³/mol. The van der Waals surface area contributed by atoms with Crippen molar-refractivity contribution >= 4 is 27.3 Å². The monoisotopic (exact) mass is 440 g/mol. The summed E-state index contributed by atoms with van der Waals surface area (Å²) in [7, 11) is -1.07. The van der Waals surface area contributed by atoms with E-state index in [0.29, 0.717) is 11.5 Å². The highest BCUT2D eigenvalue weighted by molar-refractivity contribution is 7.89. The Morgan fingerprint density at radius 1 is 1.21 bits per heavy atom. The summed E-state index contributed by atoms with van der Waals surface area (Å²) < 4.78 is 52.6. The number of oxime groups is 1. The molecule has 0 aromatic heterocycles. The van der Waals surface area contributed by atoms with Crippen LogP contribution in [-0.4, -0.2) is 51.8 Å². The standard InChI is InChI=1S/C19H18ClFN2O5S/c1-26-11-6-7-15(27-2)17(8-11)29(24,25)23-9-12-16(10-23)28-22-19(12)18-13(20)4-3-5-14(18)21/h3-8,12,16H,9-10H2,1-2H3. The molecule has 2 atom stereocenters. The number of hydrogen-bond donors (Lipinski definition) is 0. The Bertz CT molecular complexity index is 1070. The molecule has 0 spiro atoms. The molecule has 10 heteroatoms. The van der Waals surface area contributed by atoms with Crippen LogP contribution in [0.4, 0.5) is 4.39 Å².